The van der Waals surface area contributed by atoms with Crippen molar-refractivity contribution < 1.29 is 4.79 Å². The molecule has 0 amide bonds. The predicted molar refractivity (Wildman–Crippen MR) is 75.3 cm³/mol. The molecule has 17 heavy (non-hydrogen) atoms. The van der Waals surface area contributed by atoms with Gasteiger partial charge in [-0.3, -0.25) is 4.79 Å². The van der Waals surface area contributed by atoms with Gasteiger partial charge in [-0.2, -0.15) is 0 Å². The van der Waals surface area contributed by atoms with E-state index < -0.39 is 9.17 Å². The Balaban J connectivity index is 2.84. The Labute approximate surface area is 129 Å². The van der Waals surface area contributed by atoms with Crippen LogP contribution in [0.15, 0.2) is 18.2 Å². The number of hydrogen-bond donors (Lipinski definition) is 0. The molecule has 0 fully saturated rings. The fourth-order valence-corrected chi connectivity index (χ4v) is 1.99. The van der Waals surface area contributed by atoms with Crippen LogP contribution in [0.3, 0.4) is 0 Å². The molecule has 0 heterocycles. The second-order valence-electron chi connectivity index (χ2n) is 3.26. The van der Waals surface area contributed by atoms with E-state index in [-0.39, 0.29) is 17.2 Å². The number of halogens is 6. The summed E-state index contributed by atoms with van der Waals surface area (Å²) < 4.78 is -1.70. The number of Topliss-reactive ketones (excluding diaryl/α,β-unsaturated/α-hetero) is 1. The van der Waals surface area contributed by atoms with Gasteiger partial charge in [-0.25, -0.2) is 0 Å². The lowest BCUT2D eigenvalue weighted by molar-refractivity contribution is 0.0982. The average Bonchev–Trinajstić information content (AvgIpc) is 2.15. The maximum absolute atomic E-state index is 11.8. The van der Waals surface area contributed by atoms with Crippen molar-refractivity contribution in [1.82, 2.24) is 0 Å². The molecule has 0 saturated carbocycles. The molecule has 0 saturated heterocycles. The first-order valence-corrected chi connectivity index (χ1v) is 6.73. The zero-order valence-corrected chi connectivity index (χ0v) is 12.7. The van der Waals surface area contributed by atoms with Crippen LogP contribution in [0.2, 0.25) is 10.0 Å². The molecule has 7 heteroatoms. The summed E-state index contributed by atoms with van der Waals surface area (Å²) in [6.07, 6.45) is -0.126. The molecule has 0 aromatic heterocycles. The summed E-state index contributed by atoms with van der Waals surface area (Å²) in [6, 6.07) is 4.53. The maximum Gasteiger partial charge on any atom is 0.207 e. The molecule has 0 aliphatic rings. The van der Waals surface area contributed by atoms with Crippen molar-refractivity contribution in [1.29, 1.82) is 0 Å². The largest absolute Gasteiger partial charge is 0.294 e. The van der Waals surface area contributed by atoms with Gasteiger partial charge in [0.2, 0.25) is 3.79 Å². The average molecular weight is 355 g/mol. The number of rotatable bonds is 3. The van der Waals surface area contributed by atoms with E-state index in [9.17, 15) is 4.79 Å². The fraction of sp³-hybridized carbons (Fsp3) is 0.300. The second kappa shape index (κ2) is 6.18. The summed E-state index contributed by atoms with van der Waals surface area (Å²) >= 11 is 34.1. The zero-order chi connectivity index (χ0) is 13.2. The highest BCUT2D eigenvalue weighted by atomic mass is 35.6. The van der Waals surface area contributed by atoms with Gasteiger partial charge in [-0.1, -0.05) is 58.0 Å². The van der Waals surface area contributed by atoms with Crippen LogP contribution >= 0.6 is 69.6 Å². The molecule has 0 aliphatic heterocycles. The summed E-state index contributed by atoms with van der Waals surface area (Å²) in [6.45, 7) is 0. The molecule has 1 unspecified atom stereocenters. The monoisotopic (exact) mass is 352 g/mol. The number of carbonyl (C=O) groups excluding carboxylic acids is 1. The van der Waals surface area contributed by atoms with Gasteiger partial charge in [-0.15, -0.1) is 11.6 Å². The zero-order valence-electron chi connectivity index (χ0n) is 8.19. The molecular formula is C10H6Cl6O. The third kappa shape index (κ3) is 4.66. The van der Waals surface area contributed by atoms with Crippen molar-refractivity contribution in [3.8, 4) is 0 Å². The first-order chi connectivity index (χ1) is 7.71. The topological polar surface area (TPSA) is 17.1 Å². The quantitative estimate of drug-likeness (QED) is 0.514. The predicted octanol–water partition coefficient (Wildman–Crippen LogP) is 5.54. The fourth-order valence-electron chi connectivity index (χ4n) is 1.10. The van der Waals surface area contributed by atoms with Crippen LogP contribution in [0, 0.1) is 0 Å². The Kier molecular flexibility index (Phi) is 5.71. The van der Waals surface area contributed by atoms with Crippen molar-refractivity contribution in [2.45, 2.75) is 15.6 Å². The first kappa shape index (κ1) is 15.7. The molecule has 1 aromatic rings. The molecule has 0 N–H and O–H groups in total. The van der Waals surface area contributed by atoms with Crippen LogP contribution in [0.1, 0.15) is 16.8 Å². The molecule has 0 bridgehead atoms. The molecule has 1 nitrogen and oxygen atoms in total. The van der Waals surface area contributed by atoms with Crippen molar-refractivity contribution in [2.75, 3.05) is 0 Å². The second-order valence-corrected chi connectivity index (χ2v) is 7.00. The van der Waals surface area contributed by atoms with Crippen LogP contribution < -0.4 is 0 Å². The molecule has 0 spiro atoms. The van der Waals surface area contributed by atoms with Crippen molar-refractivity contribution in [3.05, 3.63) is 33.8 Å². The highest BCUT2D eigenvalue weighted by Crippen LogP contribution is 2.36. The Morgan fingerprint density at radius 1 is 1.24 bits per heavy atom. The van der Waals surface area contributed by atoms with Gasteiger partial charge in [-0.05, 0) is 18.2 Å². The molecule has 1 rings (SSSR count). The van der Waals surface area contributed by atoms with Gasteiger partial charge < -0.3 is 0 Å². The van der Waals surface area contributed by atoms with E-state index in [1.54, 1.807) is 6.07 Å². The van der Waals surface area contributed by atoms with Crippen molar-refractivity contribution in [3.63, 3.8) is 0 Å². The maximum atomic E-state index is 11.8. The molecule has 0 aliphatic carbocycles. The van der Waals surface area contributed by atoms with E-state index >= 15 is 0 Å². The van der Waals surface area contributed by atoms with Gasteiger partial charge >= 0.3 is 0 Å². The Morgan fingerprint density at radius 2 is 1.82 bits per heavy atom. The van der Waals surface area contributed by atoms with Crippen LogP contribution in [0.5, 0.6) is 0 Å². The lowest BCUT2D eigenvalue weighted by Gasteiger charge is -2.17. The van der Waals surface area contributed by atoms with Gasteiger partial charge in [0.15, 0.2) is 5.78 Å². The number of benzene rings is 1. The van der Waals surface area contributed by atoms with E-state index in [0.717, 1.165) is 0 Å². The molecular weight excluding hydrogens is 349 g/mol. The summed E-state index contributed by atoms with van der Waals surface area (Å²) in [7, 11) is 0. The highest BCUT2D eigenvalue weighted by Gasteiger charge is 2.33. The summed E-state index contributed by atoms with van der Waals surface area (Å²) in [5.41, 5.74) is 0.302. The Bertz CT molecular complexity index is 425. The number of carbonyl (C=O) groups is 1. The van der Waals surface area contributed by atoms with E-state index in [0.29, 0.717) is 10.6 Å². The molecule has 94 valence electrons. The Hall–Kier alpha value is 0.630. The third-order valence-electron chi connectivity index (χ3n) is 1.95. The highest BCUT2D eigenvalue weighted by molar-refractivity contribution is 6.70. The van der Waals surface area contributed by atoms with Gasteiger partial charge in [0.25, 0.3) is 0 Å². The molecule has 0 radical (unpaired) electrons. The standard InChI is InChI=1S/C10H6Cl6O/c11-5-1-2-6(7(12)3-5)8(17)4-9(13)10(14,15)16/h1-3,9H,4H2. The summed E-state index contributed by atoms with van der Waals surface area (Å²) in [5, 5.41) is -0.238. The summed E-state index contributed by atoms with van der Waals surface area (Å²) in [5.74, 6) is -0.307. The summed E-state index contributed by atoms with van der Waals surface area (Å²) in [4.78, 5) is 11.8. The third-order valence-corrected chi connectivity index (χ3v) is 4.11. The minimum absolute atomic E-state index is 0.126. The van der Waals surface area contributed by atoms with Crippen LogP contribution in [0.4, 0.5) is 0 Å². The number of ketones is 1. The lowest BCUT2D eigenvalue weighted by Crippen LogP contribution is -2.23. The minimum atomic E-state index is -1.70. The number of alkyl halides is 4. The van der Waals surface area contributed by atoms with Gasteiger partial charge in [0.05, 0.1) is 10.4 Å². The smallest absolute Gasteiger partial charge is 0.207 e. The lowest BCUT2D eigenvalue weighted by atomic mass is 10.1. The van der Waals surface area contributed by atoms with Crippen molar-refractivity contribution in [2.24, 2.45) is 0 Å². The van der Waals surface area contributed by atoms with E-state index in [4.69, 9.17) is 69.6 Å². The molecule has 1 atom stereocenters. The van der Waals surface area contributed by atoms with E-state index in [1.165, 1.54) is 12.1 Å². The SMILES string of the molecule is O=C(CC(Cl)C(Cl)(Cl)Cl)c1ccc(Cl)cc1Cl. The minimum Gasteiger partial charge on any atom is -0.294 e. The van der Waals surface area contributed by atoms with Gasteiger partial charge in [0.1, 0.15) is 0 Å². The van der Waals surface area contributed by atoms with Crippen LogP contribution in [-0.2, 0) is 0 Å². The van der Waals surface area contributed by atoms with E-state index in [2.05, 4.69) is 0 Å². The van der Waals surface area contributed by atoms with Crippen LogP contribution in [0.25, 0.3) is 0 Å². The Morgan fingerprint density at radius 3 is 2.29 bits per heavy atom. The first-order valence-electron chi connectivity index (χ1n) is 4.41. The number of hydrogen-bond acceptors (Lipinski definition) is 1. The van der Waals surface area contributed by atoms with Crippen LogP contribution in [-0.4, -0.2) is 15.0 Å². The normalized spacial score (nSPS) is 13.5. The van der Waals surface area contributed by atoms with Gasteiger partial charge in [0, 0.05) is 17.0 Å². The van der Waals surface area contributed by atoms with E-state index in [1.807, 2.05) is 0 Å². The van der Waals surface area contributed by atoms with Crippen molar-refractivity contribution >= 4 is 75.4 Å². The molecule has 1 aromatic carbocycles.